The van der Waals surface area contributed by atoms with E-state index >= 15 is 0 Å². The molecule has 3 N–H and O–H groups in total. The van der Waals surface area contributed by atoms with Crippen LogP contribution in [0.25, 0.3) is 0 Å². The van der Waals surface area contributed by atoms with E-state index in [9.17, 15) is 4.39 Å². The minimum atomic E-state index is -0.316. The largest absolute Gasteiger partial charge is 0.396 e. The third kappa shape index (κ3) is 3.45. The Labute approximate surface area is 109 Å². The van der Waals surface area contributed by atoms with Crippen LogP contribution in [0, 0.1) is 11.7 Å². The molecule has 100 valence electrons. The predicted octanol–water partition coefficient (Wildman–Crippen LogP) is 3.47. The molecular weight excluding hydrogens is 227 g/mol. The maximum atomic E-state index is 13.3. The zero-order valence-electron chi connectivity index (χ0n) is 11.1. The lowest BCUT2D eigenvalue weighted by Crippen LogP contribution is -2.28. The summed E-state index contributed by atoms with van der Waals surface area (Å²) in [5, 5.41) is 3.52. The van der Waals surface area contributed by atoms with Gasteiger partial charge in [0.2, 0.25) is 0 Å². The van der Waals surface area contributed by atoms with Crippen LogP contribution >= 0.6 is 0 Å². The van der Waals surface area contributed by atoms with Gasteiger partial charge in [-0.15, -0.1) is 0 Å². The number of hydrogen-bond acceptors (Lipinski definition) is 2. The van der Waals surface area contributed by atoms with Gasteiger partial charge in [-0.25, -0.2) is 4.39 Å². The molecule has 2 unspecified atom stereocenters. The fourth-order valence-electron chi connectivity index (χ4n) is 2.68. The Kier molecular flexibility index (Phi) is 4.59. The number of rotatable bonds is 3. The van der Waals surface area contributed by atoms with Crippen LogP contribution in [0.4, 0.5) is 10.1 Å². The van der Waals surface area contributed by atoms with Crippen molar-refractivity contribution >= 4 is 5.69 Å². The van der Waals surface area contributed by atoms with E-state index in [1.807, 2.05) is 6.07 Å². The van der Waals surface area contributed by atoms with E-state index in [-0.39, 0.29) is 11.5 Å². The molecule has 1 aromatic rings. The average molecular weight is 250 g/mol. The molecule has 0 spiro atoms. The highest BCUT2D eigenvalue weighted by atomic mass is 19.1. The van der Waals surface area contributed by atoms with Crippen LogP contribution in [0.5, 0.6) is 0 Å². The molecule has 0 bridgehead atoms. The molecule has 3 heteroatoms. The highest BCUT2D eigenvalue weighted by Crippen LogP contribution is 2.23. The number of nitrogen functional groups attached to an aromatic ring is 1. The van der Waals surface area contributed by atoms with Crippen molar-refractivity contribution < 1.29 is 4.39 Å². The van der Waals surface area contributed by atoms with Crippen molar-refractivity contribution in [2.75, 3.05) is 5.73 Å². The summed E-state index contributed by atoms with van der Waals surface area (Å²) in [5.74, 6) is 0.528. The molecule has 1 saturated carbocycles. The van der Waals surface area contributed by atoms with Gasteiger partial charge in [-0.05, 0) is 36.8 Å². The minimum Gasteiger partial charge on any atom is -0.396 e. The third-order valence-corrected chi connectivity index (χ3v) is 3.98. The molecule has 1 fully saturated rings. The second-order valence-electron chi connectivity index (χ2n) is 5.50. The first kappa shape index (κ1) is 13.3. The Morgan fingerprint density at radius 2 is 2.11 bits per heavy atom. The van der Waals surface area contributed by atoms with Crippen molar-refractivity contribution in [1.29, 1.82) is 0 Å². The maximum absolute atomic E-state index is 13.3. The molecule has 1 aliphatic rings. The lowest BCUT2D eigenvalue weighted by molar-refractivity contribution is 0.447. The van der Waals surface area contributed by atoms with E-state index < -0.39 is 0 Å². The van der Waals surface area contributed by atoms with Gasteiger partial charge >= 0.3 is 0 Å². The van der Waals surface area contributed by atoms with Crippen LogP contribution < -0.4 is 11.1 Å². The van der Waals surface area contributed by atoms with Gasteiger partial charge < -0.3 is 11.1 Å². The molecule has 1 aromatic carbocycles. The number of benzene rings is 1. The SMILES string of the molecule is CC1CCCC(NCc2cccc(F)c2N)CC1. The quantitative estimate of drug-likeness (QED) is 0.637. The van der Waals surface area contributed by atoms with Crippen LogP contribution in [0.15, 0.2) is 18.2 Å². The Hall–Kier alpha value is -1.09. The molecule has 18 heavy (non-hydrogen) atoms. The summed E-state index contributed by atoms with van der Waals surface area (Å²) in [6.45, 7) is 3.00. The van der Waals surface area contributed by atoms with Gasteiger partial charge in [0, 0.05) is 12.6 Å². The lowest BCUT2D eigenvalue weighted by atomic mass is 10.0. The fraction of sp³-hybridized carbons (Fsp3) is 0.600. The van der Waals surface area contributed by atoms with Crippen molar-refractivity contribution in [2.24, 2.45) is 5.92 Å². The van der Waals surface area contributed by atoms with Gasteiger partial charge in [-0.1, -0.05) is 31.9 Å². The van der Waals surface area contributed by atoms with Gasteiger partial charge in [0.15, 0.2) is 0 Å². The van der Waals surface area contributed by atoms with Crippen LogP contribution in [0.2, 0.25) is 0 Å². The van der Waals surface area contributed by atoms with Gasteiger partial charge in [-0.3, -0.25) is 0 Å². The highest BCUT2D eigenvalue weighted by molar-refractivity contribution is 5.47. The van der Waals surface area contributed by atoms with Crippen molar-refractivity contribution in [3.8, 4) is 0 Å². The Morgan fingerprint density at radius 1 is 1.28 bits per heavy atom. The van der Waals surface area contributed by atoms with E-state index in [0.717, 1.165) is 11.5 Å². The first-order valence-electron chi connectivity index (χ1n) is 6.93. The fourth-order valence-corrected chi connectivity index (χ4v) is 2.68. The Balaban J connectivity index is 1.89. The van der Waals surface area contributed by atoms with Crippen molar-refractivity contribution in [1.82, 2.24) is 5.32 Å². The molecule has 2 atom stereocenters. The standard InChI is InChI=1S/C15H23FN2/c1-11-4-2-6-13(9-8-11)18-10-12-5-3-7-14(16)15(12)17/h3,5,7,11,13,18H,2,4,6,8-10,17H2,1H3. The summed E-state index contributed by atoms with van der Waals surface area (Å²) in [4.78, 5) is 0. The molecule has 0 heterocycles. The van der Waals surface area contributed by atoms with Crippen molar-refractivity contribution in [3.05, 3.63) is 29.6 Å². The summed E-state index contributed by atoms with van der Waals surface area (Å²) in [6, 6.07) is 5.58. The summed E-state index contributed by atoms with van der Waals surface area (Å²) in [7, 11) is 0. The van der Waals surface area contributed by atoms with E-state index in [1.54, 1.807) is 6.07 Å². The number of nitrogens with one attached hydrogen (secondary N) is 1. The molecule has 2 nitrogen and oxygen atoms in total. The zero-order chi connectivity index (χ0) is 13.0. The molecule has 0 aromatic heterocycles. The third-order valence-electron chi connectivity index (χ3n) is 3.98. The van der Waals surface area contributed by atoms with Gasteiger partial charge in [0.05, 0.1) is 5.69 Å². The van der Waals surface area contributed by atoms with Crippen LogP contribution in [-0.2, 0) is 6.54 Å². The normalized spacial score (nSPS) is 24.8. The highest BCUT2D eigenvalue weighted by Gasteiger charge is 2.16. The topological polar surface area (TPSA) is 38.0 Å². The first-order chi connectivity index (χ1) is 8.66. The van der Waals surface area contributed by atoms with Crippen molar-refractivity contribution in [2.45, 2.75) is 51.6 Å². The van der Waals surface area contributed by atoms with E-state index in [1.165, 1.54) is 38.2 Å². The van der Waals surface area contributed by atoms with E-state index in [2.05, 4.69) is 12.2 Å². The van der Waals surface area contributed by atoms with E-state index in [4.69, 9.17) is 5.73 Å². The monoisotopic (exact) mass is 250 g/mol. The summed E-state index contributed by atoms with van der Waals surface area (Å²) >= 11 is 0. The minimum absolute atomic E-state index is 0.284. The number of hydrogen-bond donors (Lipinski definition) is 2. The molecule has 0 radical (unpaired) electrons. The molecule has 2 rings (SSSR count). The lowest BCUT2D eigenvalue weighted by Gasteiger charge is -2.17. The Bertz CT molecular complexity index is 392. The second kappa shape index (κ2) is 6.19. The summed E-state index contributed by atoms with van der Waals surface area (Å²) < 4.78 is 13.3. The average Bonchev–Trinajstić information content (AvgIpc) is 2.56. The van der Waals surface area contributed by atoms with Gasteiger partial charge in [0.1, 0.15) is 5.82 Å². The van der Waals surface area contributed by atoms with Gasteiger partial charge in [0.25, 0.3) is 0 Å². The number of halogens is 1. The maximum Gasteiger partial charge on any atom is 0.146 e. The predicted molar refractivity (Wildman–Crippen MR) is 73.7 cm³/mol. The van der Waals surface area contributed by atoms with Crippen LogP contribution in [-0.4, -0.2) is 6.04 Å². The Morgan fingerprint density at radius 3 is 2.94 bits per heavy atom. The van der Waals surface area contributed by atoms with E-state index in [0.29, 0.717) is 12.6 Å². The number of nitrogens with two attached hydrogens (primary N) is 1. The zero-order valence-corrected chi connectivity index (χ0v) is 11.1. The smallest absolute Gasteiger partial charge is 0.146 e. The number of anilines is 1. The summed E-state index contributed by atoms with van der Waals surface area (Å²) in [5.41, 5.74) is 6.89. The molecular formula is C15H23FN2. The first-order valence-corrected chi connectivity index (χ1v) is 6.93. The van der Waals surface area contributed by atoms with Gasteiger partial charge in [-0.2, -0.15) is 0 Å². The summed E-state index contributed by atoms with van der Waals surface area (Å²) in [6.07, 6.45) is 6.35. The molecule has 0 aliphatic heterocycles. The molecule has 0 saturated heterocycles. The molecule has 0 amide bonds. The van der Waals surface area contributed by atoms with Crippen molar-refractivity contribution in [3.63, 3.8) is 0 Å². The number of para-hydroxylation sites is 1. The van der Waals surface area contributed by atoms with Crippen LogP contribution in [0.3, 0.4) is 0 Å². The second-order valence-corrected chi connectivity index (χ2v) is 5.50. The van der Waals surface area contributed by atoms with Crippen LogP contribution in [0.1, 0.15) is 44.6 Å². The molecule has 1 aliphatic carbocycles.